The van der Waals surface area contributed by atoms with Crippen LogP contribution in [0.15, 0.2) is 66.9 Å². The van der Waals surface area contributed by atoms with Crippen molar-refractivity contribution in [2.75, 3.05) is 20.8 Å². The maximum absolute atomic E-state index is 13.3. The van der Waals surface area contributed by atoms with E-state index in [1.807, 2.05) is 75.4 Å². The van der Waals surface area contributed by atoms with Crippen LogP contribution in [0.3, 0.4) is 0 Å². The van der Waals surface area contributed by atoms with Crippen LogP contribution < -0.4 is 14.2 Å². The second-order valence-electron chi connectivity index (χ2n) is 11.8. The highest BCUT2D eigenvalue weighted by molar-refractivity contribution is 5.99. The van der Waals surface area contributed by atoms with Crippen LogP contribution in [0.25, 0.3) is 0 Å². The third-order valence-electron chi connectivity index (χ3n) is 7.19. The largest absolute Gasteiger partial charge is 0.503 e. The van der Waals surface area contributed by atoms with Gasteiger partial charge in [0.25, 0.3) is 0 Å². The molecule has 0 radical (unpaired) electrons. The summed E-state index contributed by atoms with van der Waals surface area (Å²) in [7, 11) is 3.02. The van der Waals surface area contributed by atoms with Gasteiger partial charge in [-0.15, -0.1) is 0 Å². The van der Waals surface area contributed by atoms with Gasteiger partial charge in [-0.25, -0.2) is 4.98 Å². The molecule has 9 heteroatoms. The third kappa shape index (κ3) is 10.3. The monoisotopic (exact) mass is 607 g/mol. The molecule has 4 atom stereocenters. The van der Waals surface area contributed by atoms with Gasteiger partial charge in [-0.2, -0.15) is 0 Å². The number of aromatic nitrogens is 1. The van der Waals surface area contributed by atoms with Gasteiger partial charge < -0.3 is 28.8 Å². The number of ketones is 1. The Morgan fingerprint density at radius 1 is 0.909 bits per heavy atom. The third-order valence-corrected chi connectivity index (χ3v) is 7.19. The van der Waals surface area contributed by atoms with Crippen molar-refractivity contribution in [3.05, 3.63) is 78.1 Å². The lowest BCUT2D eigenvalue weighted by Gasteiger charge is -2.33. The van der Waals surface area contributed by atoms with Crippen molar-refractivity contribution in [3.63, 3.8) is 0 Å². The van der Waals surface area contributed by atoms with Crippen molar-refractivity contribution < 1.29 is 38.4 Å². The number of aromatic hydroxyl groups is 1. The zero-order valence-electron chi connectivity index (χ0n) is 26.7. The van der Waals surface area contributed by atoms with E-state index in [9.17, 15) is 14.7 Å². The number of benzene rings is 2. The molecule has 0 aliphatic carbocycles. The number of Topliss-reactive ketones (excluding diaryl/α,β-unsaturated/α-hetero) is 1. The summed E-state index contributed by atoms with van der Waals surface area (Å²) in [5.74, 6) is -0.740. The quantitative estimate of drug-likeness (QED) is 0.145. The van der Waals surface area contributed by atoms with Gasteiger partial charge in [-0.1, -0.05) is 37.3 Å². The Labute approximate surface area is 260 Å². The molecule has 0 bridgehead atoms. The first-order valence-electron chi connectivity index (χ1n) is 14.9. The van der Waals surface area contributed by atoms with Gasteiger partial charge in [0.05, 0.1) is 25.7 Å². The first-order valence-corrected chi connectivity index (χ1v) is 14.9. The molecule has 0 unspecified atom stereocenters. The van der Waals surface area contributed by atoms with Gasteiger partial charge in [0.2, 0.25) is 0 Å². The number of carbonyl (C=O) groups excluding carboxylic acids is 2. The first-order chi connectivity index (χ1) is 20.9. The standard InChI is InChI=1S/C35H45NO8/c1-23(21-29(37)31-32(38)30(41-7)17-19-36-31)34(39)43-24(2)33(44-28-11-9-8-10-12-28)26(18-20-42-35(3,4)5)22-25-13-15-27(40-6)16-14-25/h8-17,19,23-24,26,33,38H,18,20-22H2,1-7H3/t23-,24+,26-,33+/m1/s1. The lowest BCUT2D eigenvalue weighted by molar-refractivity contribution is -0.159. The maximum atomic E-state index is 13.3. The molecule has 0 saturated heterocycles. The summed E-state index contributed by atoms with van der Waals surface area (Å²) in [6.45, 7) is 9.94. The van der Waals surface area contributed by atoms with E-state index in [4.69, 9.17) is 23.7 Å². The number of carbonyl (C=O) groups is 2. The average molecular weight is 608 g/mol. The molecule has 1 heterocycles. The van der Waals surface area contributed by atoms with E-state index in [-0.39, 0.29) is 35.1 Å². The Kier molecular flexibility index (Phi) is 12.6. The van der Waals surface area contributed by atoms with Gasteiger partial charge in [-0.3, -0.25) is 9.59 Å². The molecule has 0 aliphatic rings. The number of methoxy groups -OCH3 is 2. The van der Waals surface area contributed by atoms with E-state index in [1.54, 1.807) is 21.0 Å². The second-order valence-corrected chi connectivity index (χ2v) is 11.8. The van der Waals surface area contributed by atoms with Crippen molar-refractivity contribution in [1.29, 1.82) is 0 Å². The van der Waals surface area contributed by atoms with E-state index in [0.29, 0.717) is 25.2 Å². The Bertz CT molecular complexity index is 1340. The fourth-order valence-corrected chi connectivity index (χ4v) is 4.82. The summed E-state index contributed by atoms with van der Waals surface area (Å²) in [6.07, 6.45) is 1.27. The maximum Gasteiger partial charge on any atom is 0.309 e. The highest BCUT2D eigenvalue weighted by Crippen LogP contribution is 2.30. The number of ether oxygens (including phenoxy) is 5. The average Bonchev–Trinajstić information content (AvgIpc) is 2.99. The van der Waals surface area contributed by atoms with E-state index in [0.717, 1.165) is 11.3 Å². The second kappa shape index (κ2) is 16.1. The molecular weight excluding hydrogens is 562 g/mol. The summed E-state index contributed by atoms with van der Waals surface area (Å²) in [6, 6.07) is 18.7. The normalized spacial score (nSPS) is 14.2. The lowest BCUT2D eigenvalue weighted by atomic mass is 9.88. The highest BCUT2D eigenvalue weighted by atomic mass is 16.6. The Balaban J connectivity index is 1.82. The minimum absolute atomic E-state index is 0.0939. The summed E-state index contributed by atoms with van der Waals surface area (Å²) in [5, 5.41) is 10.3. The molecule has 3 rings (SSSR count). The predicted molar refractivity (Wildman–Crippen MR) is 167 cm³/mol. The van der Waals surface area contributed by atoms with Crippen LogP contribution >= 0.6 is 0 Å². The number of esters is 1. The van der Waals surface area contributed by atoms with Crippen molar-refractivity contribution in [2.45, 2.75) is 71.7 Å². The van der Waals surface area contributed by atoms with Gasteiger partial charge in [0, 0.05) is 31.2 Å². The molecule has 238 valence electrons. The smallest absolute Gasteiger partial charge is 0.309 e. The van der Waals surface area contributed by atoms with Crippen LogP contribution in [-0.4, -0.2) is 60.5 Å². The fourth-order valence-electron chi connectivity index (χ4n) is 4.82. The van der Waals surface area contributed by atoms with Crippen LogP contribution in [0.1, 0.15) is 63.5 Å². The van der Waals surface area contributed by atoms with Crippen LogP contribution in [0.2, 0.25) is 0 Å². The minimum Gasteiger partial charge on any atom is -0.503 e. The molecule has 3 aromatic rings. The summed E-state index contributed by atoms with van der Waals surface area (Å²) in [4.78, 5) is 30.2. The van der Waals surface area contributed by atoms with Crippen molar-refractivity contribution in [1.82, 2.24) is 4.98 Å². The Morgan fingerprint density at radius 2 is 1.59 bits per heavy atom. The molecule has 0 aliphatic heterocycles. The summed E-state index contributed by atoms with van der Waals surface area (Å²) >= 11 is 0. The lowest BCUT2D eigenvalue weighted by Crippen LogP contribution is -2.42. The van der Waals surface area contributed by atoms with E-state index in [2.05, 4.69) is 4.98 Å². The summed E-state index contributed by atoms with van der Waals surface area (Å²) < 4.78 is 29.0. The number of hydrogen-bond acceptors (Lipinski definition) is 9. The van der Waals surface area contributed by atoms with Crippen molar-refractivity contribution >= 4 is 11.8 Å². The number of para-hydroxylation sites is 1. The molecule has 44 heavy (non-hydrogen) atoms. The SMILES string of the molecule is COc1ccc(C[C@@H](CCOC(C)(C)C)[C@@H](Oc2ccccc2)[C@H](C)OC(=O)[C@H](C)CC(=O)c2nccc(OC)c2O)cc1. The van der Waals surface area contributed by atoms with Crippen molar-refractivity contribution in [3.8, 4) is 23.0 Å². The topological polar surface area (TPSA) is 113 Å². The van der Waals surface area contributed by atoms with Crippen LogP contribution in [-0.2, 0) is 20.7 Å². The zero-order chi connectivity index (χ0) is 32.3. The van der Waals surface area contributed by atoms with E-state index >= 15 is 0 Å². The molecule has 9 nitrogen and oxygen atoms in total. The number of pyridine rings is 1. The van der Waals surface area contributed by atoms with Gasteiger partial charge in [0.1, 0.15) is 23.7 Å². The summed E-state index contributed by atoms with van der Waals surface area (Å²) in [5.41, 5.74) is 0.615. The van der Waals surface area contributed by atoms with Gasteiger partial charge >= 0.3 is 5.97 Å². The van der Waals surface area contributed by atoms with Crippen LogP contribution in [0, 0.1) is 11.8 Å². The minimum atomic E-state index is -0.793. The van der Waals surface area contributed by atoms with Crippen LogP contribution in [0.4, 0.5) is 0 Å². The first kappa shape index (κ1) is 34.4. The fraction of sp³-hybridized carbons (Fsp3) is 0.457. The molecule has 0 saturated carbocycles. The van der Waals surface area contributed by atoms with Crippen LogP contribution in [0.5, 0.6) is 23.0 Å². The zero-order valence-corrected chi connectivity index (χ0v) is 26.7. The molecule has 1 aromatic heterocycles. The number of rotatable bonds is 16. The van der Waals surface area contributed by atoms with Gasteiger partial charge in [-0.05, 0) is 70.4 Å². The highest BCUT2D eigenvalue weighted by Gasteiger charge is 2.34. The Morgan fingerprint density at radius 3 is 2.20 bits per heavy atom. The van der Waals surface area contributed by atoms with Crippen molar-refractivity contribution in [2.24, 2.45) is 11.8 Å². The van der Waals surface area contributed by atoms with E-state index in [1.165, 1.54) is 19.4 Å². The molecule has 2 aromatic carbocycles. The molecule has 0 amide bonds. The molecular formula is C35H45NO8. The number of hydrogen-bond donors (Lipinski definition) is 1. The molecule has 1 N–H and O–H groups in total. The predicted octanol–water partition coefficient (Wildman–Crippen LogP) is 6.46. The molecule has 0 spiro atoms. The van der Waals surface area contributed by atoms with Gasteiger partial charge in [0.15, 0.2) is 23.0 Å². The number of nitrogens with zero attached hydrogens (tertiary/aromatic N) is 1. The molecule has 0 fully saturated rings. The van der Waals surface area contributed by atoms with E-state index < -0.39 is 29.9 Å². The Hall–Kier alpha value is -4.11.